The van der Waals surface area contributed by atoms with Gasteiger partial charge in [0.15, 0.2) is 5.75 Å². The zero-order valence-corrected chi connectivity index (χ0v) is 9.66. The highest BCUT2D eigenvalue weighted by molar-refractivity contribution is 9.10. The van der Waals surface area contributed by atoms with Gasteiger partial charge >= 0.3 is 12.5 Å². The summed E-state index contributed by atoms with van der Waals surface area (Å²) in [7, 11) is 0. The molecule has 0 unspecified atom stereocenters. The molecule has 1 aromatic rings. The smallest absolute Gasteiger partial charge is 0.403 e. The summed E-state index contributed by atoms with van der Waals surface area (Å²) in [6.07, 6.45) is -9.33. The SMILES string of the molecule is Cc1ncc(OC(F)(F)F)c(Br)c1C(F)(F)F. The Balaban J connectivity index is 3.30. The van der Waals surface area contributed by atoms with Gasteiger partial charge in [0.05, 0.1) is 21.9 Å². The summed E-state index contributed by atoms with van der Waals surface area (Å²) in [4.78, 5) is 3.22. The van der Waals surface area contributed by atoms with Crippen LogP contribution in [0.5, 0.6) is 5.75 Å². The van der Waals surface area contributed by atoms with E-state index in [-0.39, 0.29) is 0 Å². The predicted octanol–water partition coefficient (Wildman–Crippen LogP) is 4.07. The number of aryl methyl sites for hydroxylation is 1. The Kier molecular flexibility index (Phi) is 3.60. The zero-order valence-electron chi connectivity index (χ0n) is 8.08. The summed E-state index contributed by atoms with van der Waals surface area (Å²) in [6.45, 7) is 1.03. The number of halogens is 7. The topological polar surface area (TPSA) is 22.1 Å². The number of hydrogen-bond acceptors (Lipinski definition) is 2. The third kappa shape index (κ3) is 3.48. The molecule has 0 bridgehead atoms. The van der Waals surface area contributed by atoms with Gasteiger partial charge in [-0.25, -0.2) is 0 Å². The molecule has 9 heteroatoms. The summed E-state index contributed by atoms with van der Waals surface area (Å²) in [6, 6.07) is 0. The van der Waals surface area contributed by atoms with Crippen LogP contribution in [0.15, 0.2) is 10.7 Å². The average Bonchev–Trinajstić information content (AvgIpc) is 2.06. The van der Waals surface area contributed by atoms with E-state index in [9.17, 15) is 26.3 Å². The first-order chi connectivity index (χ1) is 7.52. The van der Waals surface area contributed by atoms with E-state index < -0.39 is 34.0 Å². The maximum atomic E-state index is 12.5. The van der Waals surface area contributed by atoms with Crippen LogP contribution in [0.3, 0.4) is 0 Å². The Morgan fingerprint density at radius 1 is 1.18 bits per heavy atom. The number of pyridine rings is 1. The van der Waals surface area contributed by atoms with Gasteiger partial charge in [0, 0.05) is 0 Å². The molecule has 2 nitrogen and oxygen atoms in total. The van der Waals surface area contributed by atoms with Crippen LogP contribution in [0.2, 0.25) is 0 Å². The molecule has 0 aliphatic carbocycles. The summed E-state index contributed by atoms with van der Waals surface area (Å²) in [5.74, 6) is -1.03. The minimum absolute atomic E-state index is 0.445. The van der Waals surface area contributed by atoms with Crippen LogP contribution in [0.4, 0.5) is 26.3 Å². The first-order valence-corrected chi connectivity index (χ1v) is 4.79. The fourth-order valence-corrected chi connectivity index (χ4v) is 1.78. The highest BCUT2D eigenvalue weighted by atomic mass is 79.9. The van der Waals surface area contributed by atoms with Crippen molar-refractivity contribution in [3.63, 3.8) is 0 Å². The van der Waals surface area contributed by atoms with E-state index >= 15 is 0 Å². The largest absolute Gasteiger partial charge is 0.573 e. The molecule has 0 aliphatic heterocycles. The van der Waals surface area contributed by atoms with Gasteiger partial charge < -0.3 is 4.74 Å². The van der Waals surface area contributed by atoms with Crippen molar-refractivity contribution in [2.75, 3.05) is 0 Å². The molecule has 0 amide bonds. The molecule has 0 atom stereocenters. The van der Waals surface area contributed by atoms with Crippen LogP contribution in [0.1, 0.15) is 11.3 Å². The van der Waals surface area contributed by atoms with Crippen LogP contribution in [0, 0.1) is 6.92 Å². The Morgan fingerprint density at radius 2 is 1.71 bits per heavy atom. The van der Waals surface area contributed by atoms with E-state index in [4.69, 9.17) is 0 Å². The second kappa shape index (κ2) is 4.35. The first kappa shape index (κ1) is 14.1. The lowest BCUT2D eigenvalue weighted by molar-refractivity contribution is -0.275. The maximum Gasteiger partial charge on any atom is 0.573 e. The lowest BCUT2D eigenvalue weighted by Gasteiger charge is -2.16. The average molecular weight is 324 g/mol. The molecule has 17 heavy (non-hydrogen) atoms. The van der Waals surface area contributed by atoms with Gasteiger partial charge in [-0.2, -0.15) is 13.2 Å². The van der Waals surface area contributed by atoms with Crippen molar-refractivity contribution in [1.82, 2.24) is 4.98 Å². The lowest BCUT2D eigenvalue weighted by Crippen LogP contribution is -2.19. The van der Waals surface area contributed by atoms with Crippen LogP contribution < -0.4 is 4.74 Å². The molecule has 0 N–H and O–H groups in total. The highest BCUT2D eigenvalue weighted by Crippen LogP contribution is 2.41. The number of alkyl halides is 6. The number of aromatic nitrogens is 1. The van der Waals surface area contributed by atoms with Crippen molar-refractivity contribution >= 4 is 15.9 Å². The minimum Gasteiger partial charge on any atom is -0.403 e. The van der Waals surface area contributed by atoms with Gasteiger partial charge in [-0.05, 0) is 22.9 Å². The summed E-state index contributed by atoms with van der Waals surface area (Å²) < 4.78 is 75.8. The van der Waals surface area contributed by atoms with Crippen molar-refractivity contribution in [1.29, 1.82) is 0 Å². The van der Waals surface area contributed by atoms with Gasteiger partial charge in [-0.3, -0.25) is 4.98 Å². The van der Waals surface area contributed by atoms with Crippen molar-refractivity contribution in [2.45, 2.75) is 19.5 Å². The maximum absolute atomic E-state index is 12.5. The third-order valence-electron chi connectivity index (χ3n) is 1.68. The van der Waals surface area contributed by atoms with Crippen molar-refractivity contribution < 1.29 is 31.1 Å². The summed E-state index contributed by atoms with van der Waals surface area (Å²) in [5.41, 5.74) is -1.74. The molecule has 96 valence electrons. The second-order valence-electron chi connectivity index (χ2n) is 2.94. The molecule has 0 fully saturated rings. The first-order valence-electron chi connectivity index (χ1n) is 4.00. The number of nitrogens with zero attached hydrogens (tertiary/aromatic N) is 1. The molecule has 1 heterocycles. The third-order valence-corrected chi connectivity index (χ3v) is 2.47. The quantitative estimate of drug-likeness (QED) is 0.727. The molecule has 0 aliphatic rings. The number of rotatable bonds is 1. The molecule has 0 radical (unpaired) electrons. The van der Waals surface area contributed by atoms with Gasteiger partial charge in [-0.15, -0.1) is 13.2 Å². The van der Waals surface area contributed by atoms with E-state index in [1.165, 1.54) is 0 Å². The Bertz CT molecular complexity index is 427. The van der Waals surface area contributed by atoms with Crippen LogP contribution >= 0.6 is 15.9 Å². The predicted molar refractivity (Wildman–Crippen MR) is 48.4 cm³/mol. The summed E-state index contributed by atoms with van der Waals surface area (Å²) >= 11 is 2.44. The van der Waals surface area contributed by atoms with Crippen LogP contribution in [-0.4, -0.2) is 11.3 Å². The molecular formula is C8H4BrF6NO. The van der Waals surface area contributed by atoms with Gasteiger partial charge in [0.2, 0.25) is 0 Å². The Hall–Kier alpha value is -0.990. The van der Waals surface area contributed by atoms with Crippen molar-refractivity contribution in [3.8, 4) is 5.75 Å². The monoisotopic (exact) mass is 323 g/mol. The van der Waals surface area contributed by atoms with E-state index in [2.05, 4.69) is 25.7 Å². The van der Waals surface area contributed by atoms with Crippen LogP contribution in [-0.2, 0) is 6.18 Å². The van der Waals surface area contributed by atoms with E-state index in [0.717, 1.165) is 6.92 Å². The number of hydrogen-bond donors (Lipinski definition) is 0. The molecule has 1 rings (SSSR count). The highest BCUT2D eigenvalue weighted by Gasteiger charge is 2.39. The molecular weight excluding hydrogens is 320 g/mol. The Morgan fingerprint density at radius 3 is 2.12 bits per heavy atom. The van der Waals surface area contributed by atoms with Gasteiger partial charge in [0.1, 0.15) is 0 Å². The van der Waals surface area contributed by atoms with E-state index in [0.29, 0.717) is 6.20 Å². The minimum atomic E-state index is -5.08. The zero-order chi connectivity index (χ0) is 13.4. The van der Waals surface area contributed by atoms with E-state index in [1.807, 2.05) is 0 Å². The van der Waals surface area contributed by atoms with Crippen LogP contribution in [0.25, 0.3) is 0 Å². The molecule has 1 aromatic heterocycles. The molecule has 0 saturated carbocycles. The molecule has 0 spiro atoms. The van der Waals surface area contributed by atoms with E-state index in [1.54, 1.807) is 0 Å². The summed E-state index contributed by atoms with van der Waals surface area (Å²) in [5, 5.41) is 0. The van der Waals surface area contributed by atoms with Gasteiger partial charge in [0.25, 0.3) is 0 Å². The normalized spacial score (nSPS) is 12.7. The van der Waals surface area contributed by atoms with Crippen molar-refractivity contribution in [3.05, 3.63) is 21.9 Å². The second-order valence-corrected chi connectivity index (χ2v) is 3.74. The Labute approximate surface area is 99.7 Å². The van der Waals surface area contributed by atoms with Crippen molar-refractivity contribution in [2.24, 2.45) is 0 Å². The van der Waals surface area contributed by atoms with Gasteiger partial charge in [-0.1, -0.05) is 0 Å². The molecule has 0 saturated heterocycles. The lowest BCUT2D eigenvalue weighted by atomic mass is 10.2. The standard InChI is InChI=1S/C8H4BrF6NO/c1-3-5(7(10,11)12)6(9)4(2-16-3)17-8(13,14)15/h2H,1H3. The number of ether oxygens (including phenoxy) is 1. The fraction of sp³-hybridized carbons (Fsp3) is 0.375. The molecule has 0 aromatic carbocycles. The fourth-order valence-electron chi connectivity index (χ4n) is 1.08.